The number of hydrogen-bond donors (Lipinski definition) is 2. The first-order valence-corrected chi connectivity index (χ1v) is 14.0. The largest absolute Gasteiger partial charge is 0.465 e. The van der Waals surface area contributed by atoms with Gasteiger partial charge in [-0.25, -0.2) is 0 Å². The van der Waals surface area contributed by atoms with Gasteiger partial charge >= 0.3 is 13.6 Å². The number of rotatable bonds is 23. The molecule has 180 valence electrons. The second-order valence-corrected chi connectivity index (χ2v) is 9.96. The number of esters is 1. The van der Waals surface area contributed by atoms with Gasteiger partial charge in [-0.1, -0.05) is 103 Å². The molecular formula is C23H47O6P. The van der Waals surface area contributed by atoms with Crippen molar-refractivity contribution in [3.8, 4) is 0 Å². The number of hydrogen-bond acceptors (Lipinski definition) is 4. The van der Waals surface area contributed by atoms with Gasteiger partial charge in [0.2, 0.25) is 0 Å². The minimum atomic E-state index is -4.32. The van der Waals surface area contributed by atoms with Gasteiger partial charge in [-0.3, -0.25) is 9.36 Å². The lowest BCUT2D eigenvalue weighted by atomic mass is 10.0. The molecule has 0 atom stereocenters. The topological polar surface area (TPSA) is 93.1 Å². The number of ether oxygens (including phenoxy) is 2. The molecule has 0 aromatic heterocycles. The smallest absolute Gasteiger partial charge is 0.336 e. The predicted molar refractivity (Wildman–Crippen MR) is 123 cm³/mol. The van der Waals surface area contributed by atoms with Crippen molar-refractivity contribution >= 4 is 13.6 Å². The van der Waals surface area contributed by atoms with E-state index in [9.17, 15) is 9.36 Å². The Balaban J connectivity index is 3.11. The minimum Gasteiger partial charge on any atom is -0.465 e. The lowest BCUT2D eigenvalue weighted by molar-refractivity contribution is -0.141. The third kappa shape index (κ3) is 25.6. The highest BCUT2D eigenvalue weighted by Crippen LogP contribution is 2.33. The quantitative estimate of drug-likeness (QED) is 0.107. The zero-order chi connectivity index (χ0) is 22.3. The van der Waals surface area contributed by atoms with Gasteiger partial charge in [0.1, 0.15) is 6.16 Å². The molecule has 7 heteroatoms. The van der Waals surface area contributed by atoms with Crippen LogP contribution in [0.2, 0.25) is 0 Å². The Kier molecular flexibility index (Phi) is 21.5. The highest BCUT2D eigenvalue weighted by molar-refractivity contribution is 7.52. The average Bonchev–Trinajstić information content (AvgIpc) is 2.68. The Labute approximate surface area is 184 Å². The van der Waals surface area contributed by atoms with Gasteiger partial charge in [0, 0.05) is 19.6 Å². The first-order chi connectivity index (χ1) is 14.5. The molecule has 2 N–H and O–H groups in total. The molecule has 0 amide bonds. The van der Waals surface area contributed by atoms with Crippen molar-refractivity contribution in [3.05, 3.63) is 0 Å². The van der Waals surface area contributed by atoms with Crippen LogP contribution < -0.4 is 0 Å². The molecule has 0 aromatic carbocycles. The summed E-state index contributed by atoms with van der Waals surface area (Å²) in [6, 6.07) is 0. The third-order valence-corrected chi connectivity index (χ3v) is 5.84. The van der Waals surface area contributed by atoms with Crippen LogP contribution in [-0.4, -0.2) is 41.7 Å². The van der Waals surface area contributed by atoms with E-state index in [1.807, 2.05) is 0 Å². The van der Waals surface area contributed by atoms with Gasteiger partial charge in [-0.05, 0) is 6.42 Å². The molecule has 30 heavy (non-hydrogen) atoms. The summed E-state index contributed by atoms with van der Waals surface area (Å²) in [7, 11) is -4.32. The van der Waals surface area contributed by atoms with E-state index in [2.05, 4.69) is 6.92 Å². The summed E-state index contributed by atoms with van der Waals surface area (Å²) in [6.45, 7) is 3.62. The minimum absolute atomic E-state index is 0.137. The zero-order valence-corrected chi connectivity index (χ0v) is 20.2. The maximum atomic E-state index is 11.1. The van der Waals surface area contributed by atoms with Crippen molar-refractivity contribution in [3.63, 3.8) is 0 Å². The zero-order valence-electron chi connectivity index (χ0n) is 19.3. The number of unbranched alkanes of at least 4 members (excludes halogenated alkanes) is 15. The Morgan fingerprint density at radius 1 is 0.633 bits per heavy atom. The summed E-state index contributed by atoms with van der Waals surface area (Å²) in [6.07, 6.45) is 21.3. The SMILES string of the molecule is CCCCCCCCCCCCCCCCCCOCCCOC(=O)CP(=O)(O)O. The van der Waals surface area contributed by atoms with E-state index in [0.717, 1.165) is 13.0 Å². The van der Waals surface area contributed by atoms with Crippen molar-refractivity contribution in [1.82, 2.24) is 0 Å². The molecule has 0 aromatic rings. The van der Waals surface area contributed by atoms with Crippen LogP contribution in [0.4, 0.5) is 0 Å². The highest BCUT2D eigenvalue weighted by atomic mass is 31.2. The van der Waals surface area contributed by atoms with E-state index in [0.29, 0.717) is 13.0 Å². The summed E-state index contributed by atoms with van der Waals surface area (Å²) in [5.41, 5.74) is 0. The molecule has 0 heterocycles. The van der Waals surface area contributed by atoms with Gasteiger partial charge < -0.3 is 19.3 Å². The highest BCUT2D eigenvalue weighted by Gasteiger charge is 2.19. The Bertz CT molecular complexity index is 424. The lowest BCUT2D eigenvalue weighted by Crippen LogP contribution is -2.12. The Morgan fingerprint density at radius 3 is 1.47 bits per heavy atom. The molecule has 0 saturated carbocycles. The molecule has 0 fully saturated rings. The molecule has 0 aliphatic carbocycles. The Hall–Kier alpha value is -0.420. The fraction of sp³-hybridized carbons (Fsp3) is 0.957. The molecule has 0 radical (unpaired) electrons. The van der Waals surface area contributed by atoms with Gasteiger partial charge in [-0.2, -0.15) is 0 Å². The molecule has 0 aliphatic rings. The second-order valence-electron chi connectivity index (χ2n) is 8.31. The molecule has 0 saturated heterocycles. The monoisotopic (exact) mass is 450 g/mol. The average molecular weight is 451 g/mol. The van der Waals surface area contributed by atoms with E-state index in [1.54, 1.807) is 0 Å². The van der Waals surface area contributed by atoms with Crippen LogP contribution in [0.5, 0.6) is 0 Å². The maximum Gasteiger partial charge on any atom is 0.336 e. The fourth-order valence-electron chi connectivity index (χ4n) is 3.42. The van der Waals surface area contributed by atoms with Crippen molar-refractivity contribution in [2.75, 3.05) is 26.0 Å². The van der Waals surface area contributed by atoms with Crippen LogP contribution in [0.3, 0.4) is 0 Å². The van der Waals surface area contributed by atoms with Crippen molar-refractivity contribution in [1.29, 1.82) is 0 Å². The first kappa shape index (κ1) is 29.6. The molecule has 0 rings (SSSR count). The van der Waals surface area contributed by atoms with Crippen LogP contribution in [0.15, 0.2) is 0 Å². The third-order valence-electron chi connectivity index (χ3n) is 5.17. The van der Waals surface area contributed by atoms with Crippen molar-refractivity contribution < 1.29 is 28.6 Å². The van der Waals surface area contributed by atoms with E-state index in [1.165, 1.54) is 96.3 Å². The van der Waals surface area contributed by atoms with Gasteiger partial charge in [0.05, 0.1) is 6.61 Å². The summed E-state index contributed by atoms with van der Waals surface area (Å²) in [5, 5.41) is 0. The summed E-state index contributed by atoms with van der Waals surface area (Å²) < 4.78 is 20.9. The van der Waals surface area contributed by atoms with Crippen LogP contribution in [-0.2, 0) is 18.8 Å². The van der Waals surface area contributed by atoms with E-state index in [4.69, 9.17) is 19.3 Å². The summed E-state index contributed by atoms with van der Waals surface area (Å²) in [4.78, 5) is 28.4. The fourth-order valence-corrected chi connectivity index (χ4v) is 3.84. The molecule has 6 nitrogen and oxygen atoms in total. The second kappa shape index (κ2) is 21.8. The van der Waals surface area contributed by atoms with Crippen molar-refractivity contribution in [2.24, 2.45) is 0 Å². The summed E-state index contributed by atoms with van der Waals surface area (Å²) >= 11 is 0. The summed E-state index contributed by atoms with van der Waals surface area (Å²) in [5.74, 6) is -0.860. The lowest BCUT2D eigenvalue weighted by Gasteiger charge is -2.07. The molecule has 0 bridgehead atoms. The van der Waals surface area contributed by atoms with Gasteiger partial charge in [-0.15, -0.1) is 0 Å². The van der Waals surface area contributed by atoms with E-state index >= 15 is 0 Å². The number of carbonyl (C=O) groups excluding carboxylic acids is 1. The van der Waals surface area contributed by atoms with E-state index < -0.39 is 19.7 Å². The number of carbonyl (C=O) groups is 1. The van der Waals surface area contributed by atoms with Crippen LogP contribution in [0.25, 0.3) is 0 Å². The molecular weight excluding hydrogens is 403 g/mol. The van der Waals surface area contributed by atoms with E-state index in [-0.39, 0.29) is 6.61 Å². The van der Waals surface area contributed by atoms with Crippen LogP contribution in [0.1, 0.15) is 116 Å². The molecule has 0 aliphatic heterocycles. The van der Waals surface area contributed by atoms with Crippen LogP contribution in [0, 0.1) is 0 Å². The molecule has 0 unspecified atom stereocenters. The van der Waals surface area contributed by atoms with Gasteiger partial charge in [0.15, 0.2) is 0 Å². The van der Waals surface area contributed by atoms with Crippen LogP contribution >= 0.6 is 7.60 Å². The predicted octanol–water partition coefficient (Wildman–Crippen LogP) is 6.38. The Morgan fingerprint density at radius 2 is 1.03 bits per heavy atom. The maximum absolute atomic E-state index is 11.1. The standard InChI is InChI=1S/C23H47O6P/c1-2-3-4-5-6-7-8-9-10-11-12-13-14-15-16-17-19-28-20-18-21-29-23(24)22-30(25,26)27/h2-22H2,1H3,(H2,25,26,27). The normalized spacial score (nSPS) is 11.7. The first-order valence-electron chi connectivity index (χ1n) is 12.2. The van der Waals surface area contributed by atoms with Gasteiger partial charge in [0.25, 0.3) is 0 Å². The van der Waals surface area contributed by atoms with Crippen molar-refractivity contribution in [2.45, 2.75) is 116 Å². The molecule has 0 spiro atoms.